The molecule has 0 bridgehead atoms. The van der Waals surface area contributed by atoms with Crippen LogP contribution in [-0.2, 0) is 11.2 Å². The van der Waals surface area contributed by atoms with Crippen molar-refractivity contribution in [1.82, 2.24) is 4.98 Å². The fourth-order valence-electron chi connectivity index (χ4n) is 1.89. The summed E-state index contributed by atoms with van der Waals surface area (Å²) in [5.74, 6) is -0.573. The lowest BCUT2D eigenvalue weighted by Gasteiger charge is -2.00. The third kappa shape index (κ3) is 3.03. The van der Waals surface area contributed by atoms with Gasteiger partial charge in [0.25, 0.3) is 0 Å². The van der Waals surface area contributed by atoms with E-state index < -0.39 is 5.91 Å². The van der Waals surface area contributed by atoms with Gasteiger partial charge in [0.05, 0.1) is 12.1 Å². The molecule has 0 atom stereocenters. The van der Waals surface area contributed by atoms with Gasteiger partial charge in [-0.3, -0.25) is 9.59 Å². The Labute approximate surface area is 115 Å². The molecule has 0 saturated carbocycles. The van der Waals surface area contributed by atoms with Crippen molar-refractivity contribution >= 4 is 23.3 Å². The van der Waals surface area contributed by atoms with Crippen LogP contribution in [0.15, 0.2) is 30.3 Å². The highest BCUT2D eigenvalue weighted by Crippen LogP contribution is 2.17. The maximum Gasteiger partial charge on any atom is 0.223 e. The number of nitrogens with one attached hydrogen (secondary N) is 1. The van der Waals surface area contributed by atoms with Crippen molar-refractivity contribution in [1.29, 1.82) is 0 Å². The number of aromatic nitrogens is 1. The lowest BCUT2D eigenvalue weighted by molar-refractivity contribution is -0.117. The summed E-state index contributed by atoms with van der Waals surface area (Å²) >= 11 is 5.78. The van der Waals surface area contributed by atoms with E-state index in [1.807, 2.05) is 6.92 Å². The molecule has 0 aliphatic rings. The van der Waals surface area contributed by atoms with E-state index in [-0.39, 0.29) is 12.2 Å². The minimum Gasteiger partial charge on any atom is -0.369 e. The van der Waals surface area contributed by atoms with Crippen molar-refractivity contribution in [2.75, 3.05) is 0 Å². The Bertz CT molecular complexity index is 629. The van der Waals surface area contributed by atoms with Gasteiger partial charge >= 0.3 is 0 Å². The van der Waals surface area contributed by atoms with Crippen molar-refractivity contribution in [3.8, 4) is 0 Å². The number of hydrogen-bond donors (Lipinski definition) is 2. The van der Waals surface area contributed by atoms with Crippen LogP contribution in [0, 0.1) is 6.92 Å². The van der Waals surface area contributed by atoms with Gasteiger partial charge in [0.15, 0.2) is 0 Å². The highest BCUT2D eigenvalue weighted by molar-refractivity contribution is 6.30. The number of halogens is 1. The summed E-state index contributed by atoms with van der Waals surface area (Å²) in [5, 5.41) is 0.578. The molecule has 0 saturated heterocycles. The van der Waals surface area contributed by atoms with Crippen LogP contribution in [0.3, 0.4) is 0 Å². The lowest BCUT2D eigenvalue weighted by atomic mass is 10.1. The number of benzene rings is 1. The second kappa shape index (κ2) is 5.28. The first-order valence-electron chi connectivity index (χ1n) is 5.74. The Kier molecular flexibility index (Phi) is 3.71. The van der Waals surface area contributed by atoms with Crippen molar-refractivity contribution < 1.29 is 9.59 Å². The summed E-state index contributed by atoms with van der Waals surface area (Å²) in [5.41, 5.74) is 7.57. The third-order valence-corrected chi connectivity index (χ3v) is 3.02. The molecule has 3 N–H and O–H groups in total. The Morgan fingerprint density at radius 3 is 2.47 bits per heavy atom. The minimum atomic E-state index is -0.438. The molecule has 0 radical (unpaired) electrons. The van der Waals surface area contributed by atoms with Crippen LogP contribution in [-0.4, -0.2) is 16.7 Å². The molecule has 5 heteroatoms. The van der Waals surface area contributed by atoms with Crippen LogP contribution in [0.2, 0.25) is 5.02 Å². The average Bonchev–Trinajstić information content (AvgIpc) is 2.69. The summed E-state index contributed by atoms with van der Waals surface area (Å²) in [6, 6.07) is 8.42. The quantitative estimate of drug-likeness (QED) is 0.840. The fraction of sp³-hybridized carbons (Fsp3) is 0.143. The van der Waals surface area contributed by atoms with E-state index in [1.54, 1.807) is 30.3 Å². The van der Waals surface area contributed by atoms with E-state index in [1.165, 1.54) is 0 Å². The average molecular weight is 277 g/mol. The summed E-state index contributed by atoms with van der Waals surface area (Å²) in [4.78, 5) is 26.1. The summed E-state index contributed by atoms with van der Waals surface area (Å²) in [6.07, 6.45) is 0.0920. The van der Waals surface area contributed by atoms with Crippen LogP contribution < -0.4 is 5.73 Å². The molecule has 1 aromatic carbocycles. The van der Waals surface area contributed by atoms with Crippen molar-refractivity contribution in [2.24, 2.45) is 5.73 Å². The first-order chi connectivity index (χ1) is 8.97. The summed E-state index contributed by atoms with van der Waals surface area (Å²) in [6.45, 7) is 1.81. The van der Waals surface area contributed by atoms with Gasteiger partial charge in [0, 0.05) is 16.3 Å². The van der Waals surface area contributed by atoms with Gasteiger partial charge in [-0.15, -0.1) is 0 Å². The van der Waals surface area contributed by atoms with Crippen LogP contribution in [0.5, 0.6) is 0 Å². The van der Waals surface area contributed by atoms with E-state index in [2.05, 4.69) is 4.98 Å². The fourth-order valence-corrected chi connectivity index (χ4v) is 2.02. The van der Waals surface area contributed by atoms with Gasteiger partial charge in [-0.25, -0.2) is 0 Å². The molecular weight excluding hydrogens is 264 g/mol. The first-order valence-corrected chi connectivity index (χ1v) is 6.12. The smallest absolute Gasteiger partial charge is 0.223 e. The first kappa shape index (κ1) is 13.4. The molecular formula is C14H13ClN2O2. The predicted molar refractivity (Wildman–Crippen MR) is 73.3 cm³/mol. The molecule has 2 aromatic rings. The number of hydrogen-bond acceptors (Lipinski definition) is 2. The molecule has 0 unspecified atom stereocenters. The molecule has 1 heterocycles. The molecule has 0 spiro atoms. The van der Waals surface area contributed by atoms with Gasteiger partial charge in [-0.1, -0.05) is 11.6 Å². The van der Waals surface area contributed by atoms with Crippen molar-refractivity contribution in [3.05, 3.63) is 57.9 Å². The Hall–Kier alpha value is -2.07. The highest BCUT2D eigenvalue weighted by Gasteiger charge is 2.15. The maximum absolute atomic E-state index is 12.3. The van der Waals surface area contributed by atoms with Gasteiger partial charge in [-0.05, 0) is 42.8 Å². The Balaban J connectivity index is 2.31. The molecule has 1 amide bonds. The van der Waals surface area contributed by atoms with Crippen molar-refractivity contribution in [3.63, 3.8) is 0 Å². The molecule has 4 nitrogen and oxygen atoms in total. The zero-order valence-electron chi connectivity index (χ0n) is 10.4. The van der Waals surface area contributed by atoms with E-state index >= 15 is 0 Å². The second-order valence-corrected chi connectivity index (χ2v) is 4.77. The minimum absolute atomic E-state index is 0.0920. The maximum atomic E-state index is 12.3. The molecule has 0 fully saturated rings. The van der Waals surface area contributed by atoms with E-state index in [9.17, 15) is 9.59 Å². The third-order valence-electron chi connectivity index (χ3n) is 2.77. The van der Waals surface area contributed by atoms with Crippen LogP contribution >= 0.6 is 11.6 Å². The van der Waals surface area contributed by atoms with Crippen LogP contribution in [0.25, 0.3) is 0 Å². The normalized spacial score (nSPS) is 10.4. The monoisotopic (exact) mass is 276 g/mol. The number of nitrogens with two attached hydrogens (primary N) is 1. The predicted octanol–water partition coefficient (Wildman–Crippen LogP) is 2.24. The zero-order valence-corrected chi connectivity index (χ0v) is 11.1. The van der Waals surface area contributed by atoms with E-state index in [0.29, 0.717) is 22.0 Å². The molecule has 2 rings (SSSR count). The number of primary amides is 1. The van der Waals surface area contributed by atoms with Crippen molar-refractivity contribution in [2.45, 2.75) is 13.3 Å². The SMILES string of the molecule is Cc1cc(CC(N)=O)[nH]c1C(=O)c1ccc(Cl)cc1. The lowest BCUT2D eigenvalue weighted by Crippen LogP contribution is -2.14. The Morgan fingerprint density at radius 2 is 1.89 bits per heavy atom. The van der Waals surface area contributed by atoms with E-state index in [4.69, 9.17) is 17.3 Å². The summed E-state index contributed by atoms with van der Waals surface area (Å²) < 4.78 is 0. The standard InChI is InChI=1S/C14H13ClN2O2/c1-8-6-11(7-12(16)18)17-13(8)14(19)9-2-4-10(15)5-3-9/h2-6,17H,7H2,1H3,(H2,16,18). The topological polar surface area (TPSA) is 76.0 Å². The van der Waals surface area contributed by atoms with Gasteiger partial charge in [-0.2, -0.15) is 0 Å². The molecule has 98 valence electrons. The largest absolute Gasteiger partial charge is 0.369 e. The van der Waals surface area contributed by atoms with Gasteiger partial charge in [0.2, 0.25) is 11.7 Å². The zero-order chi connectivity index (χ0) is 14.0. The number of ketones is 1. The molecule has 0 aliphatic carbocycles. The number of H-pyrrole nitrogens is 1. The highest BCUT2D eigenvalue weighted by atomic mass is 35.5. The molecule has 0 aliphatic heterocycles. The molecule has 1 aromatic heterocycles. The number of carbonyl (C=O) groups excluding carboxylic acids is 2. The van der Waals surface area contributed by atoms with Gasteiger partial charge in [0.1, 0.15) is 0 Å². The Morgan fingerprint density at radius 1 is 1.26 bits per heavy atom. The van der Waals surface area contributed by atoms with Gasteiger partial charge < -0.3 is 10.7 Å². The number of carbonyl (C=O) groups is 2. The van der Waals surface area contributed by atoms with Crippen LogP contribution in [0.1, 0.15) is 27.3 Å². The molecule has 19 heavy (non-hydrogen) atoms. The van der Waals surface area contributed by atoms with E-state index in [0.717, 1.165) is 5.56 Å². The number of rotatable bonds is 4. The van der Waals surface area contributed by atoms with Crippen LogP contribution in [0.4, 0.5) is 0 Å². The number of aryl methyl sites for hydroxylation is 1. The summed E-state index contributed by atoms with van der Waals surface area (Å²) in [7, 11) is 0. The second-order valence-electron chi connectivity index (χ2n) is 4.33. The number of aromatic amines is 1. The number of amides is 1.